The first-order valence-electron chi connectivity index (χ1n) is 17.1. The van der Waals surface area contributed by atoms with Crippen LogP contribution in [-0.2, 0) is 38.9 Å². The summed E-state index contributed by atoms with van der Waals surface area (Å²) in [5.41, 5.74) is 5.44. The van der Waals surface area contributed by atoms with Gasteiger partial charge in [-0.25, -0.2) is 18.4 Å². The molecule has 252 valence electrons. The Bertz CT molecular complexity index is 1400. The summed E-state index contributed by atoms with van der Waals surface area (Å²) in [6, 6.07) is 0.124. The van der Waals surface area contributed by atoms with E-state index in [1.54, 1.807) is 0 Å². The molecule has 1 amide bonds. The second kappa shape index (κ2) is 13.9. The summed E-state index contributed by atoms with van der Waals surface area (Å²) in [6.07, 6.45) is 12.5. The molecule has 13 heteroatoms. The van der Waals surface area contributed by atoms with Crippen molar-refractivity contribution < 1.29 is 17.9 Å². The fraction of sp³-hybridized carbons (Fsp3) is 0.844. The number of hydrogen-bond donors (Lipinski definition) is 2. The van der Waals surface area contributed by atoms with Crippen LogP contribution in [0.3, 0.4) is 0 Å². The molecule has 5 aliphatic rings. The highest BCUT2D eigenvalue weighted by atomic mass is 35.5. The van der Waals surface area contributed by atoms with E-state index in [2.05, 4.69) is 22.0 Å². The minimum Gasteiger partial charge on any atom is -0.376 e. The van der Waals surface area contributed by atoms with Crippen LogP contribution in [0.4, 0.5) is 0 Å². The molecule has 3 saturated heterocycles. The van der Waals surface area contributed by atoms with E-state index in [0.29, 0.717) is 25.6 Å². The van der Waals surface area contributed by atoms with E-state index in [1.807, 2.05) is 16.5 Å². The number of carbonyl (C=O) groups is 1. The normalized spacial score (nSPS) is 34.7. The number of aryl methyl sites for hydroxylation is 2. The van der Waals surface area contributed by atoms with E-state index in [1.165, 1.54) is 19.3 Å². The van der Waals surface area contributed by atoms with Crippen molar-refractivity contribution in [3.05, 3.63) is 27.4 Å². The van der Waals surface area contributed by atoms with E-state index < -0.39 is 22.0 Å². The van der Waals surface area contributed by atoms with Crippen LogP contribution in [0.1, 0.15) is 88.2 Å². The summed E-state index contributed by atoms with van der Waals surface area (Å²) in [5, 5.41) is 2.08. The Balaban J connectivity index is 1.13. The van der Waals surface area contributed by atoms with Gasteiger partial charge in [0, 0.05) is 29.1 Å². The van der Waals surface area contributed by atoms with E-state index >= 15 is 0 Å². The maximum absolute atomic E-state index is 13.8. The third-order valence-electron chi connectivity index (χ3n) is 11.1. The SMILES string of the molecule is Cc1nc2c(c(=O)n1CCOC1CCC(Cl)CC1C1CC(C)NN3C(C(=O)NS(C)(=O)=O)CCC13)CC(N1CCCCC1)CC2. The standard InChI is InChI=1S/C32H51ClN6O5S/c1-20-17-24(28-10-11-29(39(28)35-20)31(40)36-45(3,42)43)25-18-22(33)7-12-30(25)44-16-15-38-21(2)34-27-9-8-23(19-26(27)32(38)41)37-13-5-4-6-14-37/h20,22-25,28-30,35H,4-19H2,1-3H3,(H,36,40). The molecule has 0 radical (unpaired) electrons. The number of likely N-dealkylation sites (tertiary alicyclic amines) is 1. The zero-order valence-corrected chi connectivity index (χ0v) is 28.6. The average molecular weight is 667 g/mol. The lowest BCUT2D eigenvalue weighted by Gasteiger charge is -2.48. The predicted molar refractivity (Wildman–Crippen MR) is 174 cm³/mol. The Morgan fingerprint density at radius 2 is 1.87 bits per heavy atom. The molecule has 1 aromatic rings. The Labute approximate surface area is 272 Å². The number of hydrazine groups is 1. The number of rotatable bonds is 8. The third-order valence-corrected chi connectivity index (χ3v) is 12.0. The first-order valence-corrected chi connectivity index (χ1v) is 19.5. The van der Waals surface area contributed by atoms with Gasteiger partial charge in [0.1, 0.15) is 11.9 Å². The van der Waals surface area contributed by atoms with Crippen molar-refractivity contribution in [2.24, 2.45) is 11.8 Å². The summed E-state index contributed by atoms with van der Waals surface area (Å²) in [7, 11) is -3.64. The van der Waals surface area contributed by atoms with Gasteiger partial charge in [-0.15, -0.1) is 11.6 Å². The van der Waals surface area contributed by atoms with Gasteiger partial charge in [-0.05, 0) is 109 Å². The van der Waals surface area contributed by atoms with Crippen molar-refractivity contribution in [2.75, 3.05) is 26.0 Å². The molecule has 1 aromatic heterocycles. The number of amides is 1. The molecule has 11 nitrogen and oxygen atoms in total. The number of aromatic nitrogens is 2. The molecule has 0 spiro atoms. The number of carbonyl (C=O) groups excluding carboxylic acids is 1. The summed E-state index contributed by atoms with van der Waals surface area (Å²) >= 11 is 6.76. The van der Waals surface area contributed by atoms with Crippen LogP contribution >= 0.6 is 11.6 Å². The van der Waals surface area contributed by atoms with E-state index in [-0.39, 0.29) is 41.0 Å². The molecule has 0 aromatic carbocycles. The smallest absolute Gasteiger partial charge is 0.257 e. The molecule has 3 aliphatic heterocycles. The molecule has 6 rings (SSSR count). The summed E-state index contributed by atoms with van der Waals surface area (Å²) in [5.74, 6) is 0.742. The van der Waals surface area contributed by atoms with Crippen LogP contribution in [0.2, 0.25) is 0 Å². The fourth-order valence-electron chi connectivity index (χ4n) is 9.03. The van der Waals surface area contributed by atoms with Crippen LogP contribution < -0.4 is 15.7 Å². The molecule has 4 fully saturated rings. The Hall–Kier alpha value is -1.57. The first-order chi connectivity index (χ1) is 21.5. The quantitative estimate of drug-likeness (QED) is 0.403. The molecule has 2 aliphatic carbocycles. The summed E-state index contributed by atoms with van der Waals surface area (Å²) in [4.78, 5) is 34.1. The number of alkyl halides is 1. The van der Waals surface area contributed by atoms with Crippen LogP contribution in [0, 0.1) is 18.8 Å². The number of piperidine rings is 1. The van der Waals surface area contributed by atoms with Gasteiger partial charge in [0.15, 0.2) is 0 Å². The number of nitrogens with one attached hydrogen (secondary N) is 2. The van der Waals surface area contributed by atoms with Gasteiger partial charge in [-0.2, -0.15) is 0 Å². The lowest BCUT2D eigenvalue weighted by atomic mass is 9.71. The predicted octanol–water partition coefficient (Wildman–Crippen LogP) is 2.51. The maximum atomic E-state index is 13.8. The van der Waals surface area contributed by atoms with Crippen molar-refractivity contribution in [3.63, 3.8) is 0 Å². The maximum Gasteiger partial charge on any atom is 0.257 e. The Morgan fingerprint density at radius 3 is 2.62 bits per heavy atom. The third kappa shape index (κ3) is 7.46. The molecule has 45 heavy (non-hydrogen) atoms. The fourth-order valence-corrected chi connectivity index (χ4v) is 9.86. The topological polar surface area (TPSA) is 126 Å². The number of fused-ring (bicyclic) bond motifs is 2. The van der Waals surface area contributed by atoms with Gasteiger partial charge in [0.05, 0.1) is 31.2 Å². The van der Waals surface area contributed by atoms with Crippen LogP contribution in [0.15, 0.2) is 4.79 Å². The number of sulfonamides is 1. The van der Waals surface area contributed by atoms with Gasteiger partial charge in [0.2, 0.25) is 10.0 Å². The second-order valence-electron chi connectivity index (χ2n) is 14.3. The summed E-state index contributed by atoms with van der Waals surface area (Å²) in [6.45, 7) is 7.21. The summed E-state index contributed by atoms with van der Waals surface area (Å²) < 4.78 is 34.2. The number of nitrogens with zero attached hydrogens (tertiary/aromatic N) is 4. The number of hydrogen-bond acceptors (Lipinski definition) is 9. The molecular formula is C32H51ClN6O5S. The second-order valence-corrected chi connectivity index (χ2v) is 16.6. The zero-order valence-electron chi connectivity index (χ0n) is 27.0. The molecule has 8 unspecified atom stereocenters. The molecule has 2 N–H and O–H groups in total. The lowest BCUT2D eigenvalue weighted by Crippen LogP contribution is -2.62. The van der Waals surface area contributed by atoms with Gasteiger partial charge in [0.25, 0.3) is 11.5 Å². The van der Waals surface area contributed by atoms with E-state index in [0.717, 1.165) is 87.8 Å². The van der Waals surface area contributed by atoms with Crippen molar-refractivity contribution in [3.8, 4) is 0 Å². The highest BCUT2D eigenvalue weighted by Gasteiger charge is 2.50. The van der Waals surface area contributed by atoms with Crippen molar-refractivity contribution >= 4 is 27.5 Å². The minimum atomic E-state index is -3.64. The van der Waals surface area contributed by atoms with Crippen molar-refractivity contribution in [1.82, 2.24) is 29.6 Å². The van der Waals surface area contributed by atoms with Gasteiger partial charge in [-0.1, -0.05) is 6.42 Å². The van der Waals surface area contributed by atoms with Crippen molar-refractivity contribution in [1.29, 1.82) is 0 Å². The molecule has 4 heterocycles. The van der Waals surface area contributed by atoms with Gasteiger partial charge >= 0.3 is 0 Å². The Morgan fingerprint density at radius 1 is 1.09 bits per heavy atom. The lowest BCUT2D eigenvalue weighted by molar-refractivity contribution is -0.129. The van der Waals surface area contributed by atoms with Gasteiger partial charge in [-0.3, -0.25) is 24.3 Å². The first kappa shape index (κ1) is 33.3. The molecule has 8 atom stereocenters. The highest BCUT2D eigenvalue weighted by molar-refractivity contribution is 7.89. The van der Waals surface area contributed by atoms with Crippen LogP contribution in [-0.4, -0.2) is 95.4 Å². The van der Waals surface area contributed by atoms with Crippen molar-refractivity contribution in [2.45, 2.75) is 133 Å². The van der Waals surface area contributed by atoms with E-state index in [4.69, 9.17) is 21.3 Å². The number of ether oxygens (including phenoxy) is 1. The monoisotopic (exact) mass is 666 g/mol. The van der Waals surface area contributed by atoms with Crippen LogP contribution in [0.25, 0.3) is 0 Å². The largest absolute Gasteiger partial charge is 0.376 e. The van der Waals surface area contributed by atoms with E-state index in [9.17, 15) is 18.0 Å². The Kier molecular flexibility index (Phi) is 10.3. The molecule has 1 saturated carbocycles. The average Bonchev–Trinajstić information content (AvgIpc) is 3.42. The molecular weight excluding hydrogens is 616 g/mol. The number of halogens is 1. The molecule has 0 bridgehead atoms. The van der Waals surface area contributed by atoms with Crippen LogP contribution in [0.5, 0.6) is 0 Å². The zero-order chi connectivity index (χ0) is 31.9. The highest BCUT2D eigenvalue weighted by Crippen LogP contribution is 2.44. The minimum absolute atomic E-state index is 0.00567. The van der Waals surface area contributed by atoms with Gasteiger partial charge < -0.3 is 9.64 Å².